The minimum Gasteiger partial charge on any atom is -0.478 e. The fourth-order valence-corrected chi connectivity index (χ4v) is 4.89. The Hall–Kier alpha value is -5.37. The van der Waals surface area contributed by atoms with Crippen molar-refractivity contribution in [2.45, 2.75) is 13.0 Å². The molecule has 0 saturated carbocycles. The molecule has 8 heteroatoms. The van der Waals surface area contributed by atoms with Crippen LogP contribution in [0.25, 0.3) is 32.9 Å². The number of rotatable bonds is 7. The first kappa shape index (κ1) is 25.9. The summed E-state index contributed by atoms with van der Waals surface area (Å²) in [4.78, 5) is 24.7. The van der Waals surface area contributed by atoms with E-state index in [2.05, 4.69) is 10.5 Å². The summed E-state index contributed by atoms with van der Waals surface area (Å²) in [7, 11) is 0. The molecule has 1 aromatic heterocycles. The van der Waals surface area contributed by atoms with Crippen molar-refractivity contribution < 1.29 is 28.0 Å². The zero-order valence-electron chi connectivity index (χ0n) is 21.5. The van der Waals surface area contributed by atoms with E-state index in [4.69, 9.17) is 9.63 Å². The van der Waals surface area contributed by atoms with E-state index in [0.29, 0.717) is 23.1 Å². The molecule has 6 rings (SSSR count). The Kier molecular flexibility index (Phi) is 6.73. The van der Waals surface area contributed by atoms with Gasteiger partial charge in [-0.3, -0.25) is 4.79 Å². The molecule has 6 nitrogen and oxygen atoms in total. The second-order valence-corrected chi connectivity index (χ2v) is 9.69. The number of benzene rings is 5. The van der Waals surface area contributed by atoms with Crippen LogP contribution in [0.1, 0.15) is 37.5 Å². The number of carbonyl (C=O) groups is 2. The second-order valence-electron chi connectivity index (χ2n) is 9.69. The van der Waals surface area contributed by atoms with Crippen molar-refractivity contribution >= 4 is 33.6 Å². The Bertz CT molecular complexity index is 1950. The standard InChI is InChI=1S/C33H22F2N2O4/c34-25-11-12-28(35)26(17-25)24-15-27(32(38)36-18-19-5-9-22(10-6-19)33(39)40)31-29(37-41-30(31)16-24)14-20-7-8-21-3-1-2-4-23(21)13-20/h1-13,15-17H,14,18H2,(H,36,38)(H,39,40). The van der Waals surface area contributed by atoms with Gasteiger partial charge in [0.2, 0.25) is 0 Å². The number of nitrogens with one attached hydrogen (secondary N) is 1. The molecule has 0 radical (unpaired) electrons. The molecular weight excluding hydrogens is 526 g/mol. The molecule has 1 heterocycles. The molecule has 41 heavy (non-hydrogen) atoms. The summed E-state index contributed by atoms with van der Waals surface area (Å²) in [5, 5.41) is 18.9. The Morgan fingerprint density at radius 2 is 1.59 bits per heavy atom. The van der Waals surface area contributed by atoms with Gasteiger partial charge in [0.05, 0.1) is 22.2 Å². The van der Waals surface area contributed by atoms with Gasteiger partial charge in [-0.15, -0.1) is 0 Å². The van der Waals surface area contributed by atoms with Gasteiger partial charge < -0.3 is 14.9 Å². The summed E-state index contributed by atoms with van der Waals surface area (Å²) in [6.07, 6.45) is 0.377. The average molecular weight is 549 g/mol. The molecule has 202 valence electrons. The fraction of sp³-hybridized carbons (Fsp3) is 0.0606. The highest BCUT2D eigenvalue weighted by Crippen LogP contribution is 2.33. The van der Waals surface area contributed by atoms with Gasteiger partial charge in [0.15, 0.2) is 5.58 Å². The second kappa shape index (κ2) is 10.7. The van der Waals surface area contributed by atoms with E-state index in [1.54, 1.807) is 18.2 Å². The lowest BCUT2D eigenvalue weighted by Gasteiger charge is -2.11. The summed E-state index contributed by atoms with van der Waals surface area (Å²) >= 11 is 0. The highest BCUT2D eigenvalue weighted by Gasteiger charge is 2.21. The van der Waals surface area contributed by atoms with Crippen molar-refractivity contribution in [2.75, 3.05) is 0 Å². The van der Waals surface area contributed by atoms with Crippen LogP contribution in [0.3, 0.4) is 0 Å². The number of halogens is 2. The summed E-state index contributed by atoms with van der Waals surface area (Å²) in [6, 6.07) is 26.3. The van der Waals surface area contributed by atoms with Crippen LogP contribution in [0.2, 0.25) is 0 Å². The van der Waals surface area contributed by atoms with Crippen LogP contribution in [0, 0.1) is 11.6 Å². The smallest absolute Gasteiger partial charge is 0.335 e. The lowest BCUT2D eigenvalue weighted by atomic mass is 9.96. The first-order valence-corrected chi connectivity index (χ1v) is 12.8. The Morgan fingerprint density at radius 1 is 0.829 bits per heavy atom. The molecule has 6 aromatic rings. The summed E-state index contributed by atoms with van der Waals surface area (Å²) in [5.41, 5.74) is 3.01. The Labute approximate surface area is 232 Å². The van der Waals surface area contributed by atoms with Crippen LogP contribution in [-0.2, 0) is 13.0 Å². The molecule has 0 unspecified atom stereocenters. The maximum atomic E-state index is 14.7. The van der Waals surface area contributed by atoms with Crippen LogP contribution < -0.4 is 5.32 Å². The van der Waals surface area contributed by atoms with Gasteiger partial charge in [-0.05, 0) is 69.9 Å². The number of hydrogen-bond donors (Lipinski definition) is 2. The van der Waals surface area contributed by atoms with E-state index < -0.39 is 23.5 Å². The molecule has 0 fully saturated rings. The van der Waals surface area contributed by atoms with Crippen molar-refractivity contribution in [1.82, 2.24) is 10.5 Å². The van der Waals surface area contributed by atoms with Crippen molar-refractivity contribution in [1.29, 1.82) is 0 Å². The lowest BCUT2D eigenvalue weighted by Crippen LogP contribution is -2.23. The van der Waals surface area contributed by atoms with E-state index >= 15 is 0 Å². The predicted octanol–water partition coefficient (Wildman–Crippen LogP) is 7.15. The number of aromatic nitrogens is 1. The third kappa shape index (κ3) is 5.27. The Balaban J connectivity index is 1.40. The number of hydrogen-bond acceptors (Lipinski definition) is 4. The first-order chi connectivity index (χ1) is 19.9. The highest BCUT2D eigenvalue weighted by molar-refractivity contribution is 6.08. The van der Waals surface area contributed by atoms with Crippen molar-refractivity contribution in [3.63, 3.8) is 0 Å². The molecule has 0 aliphatic heterocycles. The van der Waals surface area contributed by atoms with E-state index in [9.17, 15) is 18.4 Å². The maximum Gasteiger partial charge on any atom is 0.335 e. The molecule has 0 aliphatic rings. The molecule has 0 bridgehead atoms. The van der Waals surface area contributed by atoms with Gasteiger partial charge in [-0.25, -0.2) is 13.6 Å². The number of carbonyl (C=O) groups excluding carboxylic acids is 1. The van der Waals surface area contributed by atoms with Gasteiger partial charge >= 0.3 is 5.97 Å². The van der Waals surface area contributed by atoms with Gasteiger partial charge in [0.1, 0.15) is 11.6 Å². The maximum absolute atomic E-state index is 14.7. The molecule has 0 saturated heterocycles. The number of amides is 1. The largest absolute Gasteiger partial charge is 0.478 e. The van der Waals surface area contributed by atoms with E-state index in [-0.39, 0.29) is 34.4 Å². The van der Waals surface area contributed by atoms with Gasteiger partial charge in [0, 0.05) is 18.5 Å². The molecule has 0 atom stereocenters. The SMILES string of the molecule is O=C(O)c1ccc(CNC(=O)c2cc(-c3cc(F)ccc3F)cc3onc(Cc4ccc5ccccc5c4)c23)cc1. The summed E-state index contributed by atoms with van der Waals surface area (Å²) in [5.74, 6) is -2.78. The zero-order valence-corrected chi connectivity index (χ0v) is 21.5. The lowest BCUT2D eigenvalue weighted by molar-refractivity contribution is 0.0696. The monoisotopic (exact) mass is 548 g/mol. The van der Waals surface area contributed by atoms with Gasteiger partial charge in [-0.1, -0.05) is 59.8 Å². The van der Waals surface area contributed by atoms with Crippen LogP contribution in [0.15, 0.2) is 102 Å². The van der Waals surface area contributed by atoms with Crippen molar-refractivity contribution in [2.24, 2.45) is 0 Å². The fourth-order valence-electron chi connectivity index (χ4n) is 4.89. The zero-order chi connectivity index (χ0) is 28.5. The third-order valence-electron chi connectivity index (χ3n) is 6.97. The number of carboxylic acids is 1. The summed E-state index contributed by atoms with van der Waals surface area (Å²) in [6.45, 7) is 0.115. The van der Waals surface area contributed by atoms with Crippen molar-refractivity contribution in [3.05, 3.63) is 137 Å². The molecule has 0 spiro atoms. The van der Waals surface area contributed by atoms with E-state index in [1.807, 2.05) is 42.5 Å². The van der Waals surface area contributed by atoms with Crippen LogP contribution in [-0.4, -0.2) is 22.1 Å². The molecule has 0 aliphatic carbocycles. The molecule has 5 aromatic carbocycles. The Morgan fingerprint density at radius 3 is 2.37 bits per heavy atom. The third-order valence-corrected chi connectivity index (χ3v) is 6.97. The number of fused-ring (bicyclic) bond motifs is 2. The topological polar surface area (TPSA) is 92.4 Å². The molecule has 2 N–H and O–H groups in total. The van der Waals surface area contributed by atoms with Crippen LogP contribution in [0.4, 0.5) is 8.78 Å². The van der Waals surface area contributed by atoms with Gasteiger partial charge in [-0.2, -0.15) is 0 Å². The van der Waals surface area contributed by atoms with E-state index in [1.165, 1.54) is 18.2 Å². The minimum absolute atomic E-state index is 0.0160. The minimum atomic E-state index is -1.05. The van der Waals surface area contributed by atoms with Crippen LogP contribution >= 0.6 is 0 Å². The molecule has 1 amide bonds. The predicted molar refractivity (Wildman–Crippen MR) is 151 cm³/mol. The summed E-state index contributed by atoms with van der Waals surface area (Å²) < 4.78 is 34.4. The molecular formula is C33H22F2N2O4. The average Bonchev–Trinajstić information content (AvgIpc) is 3.39. The number of carboxylic acid groups (broad SMARTS) is 1. The van der Waals surface area contributed by atoms with Gasteiger partial charge in [0.25, 0.3) is 5.91 Å². The van der Waals surface area contributed by atoms with Crippen molar-refractivity contribution in [3.8, 4) is 11.1 Å². The quantitative estimate of drug-likeness (QED) is 0.221. The van der Waals surface area contributed by atoms with Crippen LogP contribution in [0.5, 0.6) is 0 Å². The first-order valence-electron chi connectivity index (χ1n) is 12.8. The normalized spacial score (nSPS) is 11.2. The number of nitrogens with zero attached hydrogens (tertiary/aromatic N) is 1. The highest BCUT2D eigenvalue weighted by atomic mass is 19.1. The number of aromatic carboxylic acids is 1. The van der Waals surface area contributed by atoms with E-state index in [0.717, 1.165) is 34.5 Å².